The van der Waals surface area contributed by atoms with Crippen molar-refractivity contribution in [3.8, 4) is 0 Å². The molecule has 1 N–H and O–H groups in total. The molecule has 0 radical (unpaired) electrons. The molecule has 0 unspecified atom stereocenters. The van der Waals surface area contributed by atoms with E-state index in [1.807, 2.05) is 39.0 Å². The Morgan fingerprint density at radius 1 is 1.11 bits per heavy atom. The first kappa shape index (κ1) is 26.9. The molecule has 0 atom stereocenters. The van der Waals surface area contributed by atoms with E-state index < -0.39 is 10.0 Å². The third kappa shape index (κ3) is 5.76. The third-order valence-electron chi connectivity index (χ3n) is 6.36. The number of benzene rings is 2. The lowest BCUT2D eigenvalue weighted by molar-refractivity contribution is -0.116. The monoisotopic (exact) mass is 498 g/mol. The summed E-state index contributed by atoms with van der Waals surface area (Å²) >= 11 is 0. The Labute approximate surface area is 209 Å². The van der Waals surface area contributed by atoms with Gasteiger partial charge in [0.15, 0.2) is 0 Å². The number of rotatable bonds is 11. The molecule has 8 heteroatoms. The Bertz CT molecular complexity index is 1290. The molecule has 0 bridgehead atoms. The highest BCUT2D eigenvalue weighted by molar-refractivity contribution is 7.89. The number of hydrogen-bond donors (Lipinski definition) is 1. The van der Waals surface area contributed by atoms with Crippen molar-refractivity contribution in [1.29, 1.82) is 0 Å². The summed E-state index contributed by atoms with van der Waals surface area (Å²) in [5, 5.41) is 3.11. The minimum atomic E-state index is -3.56. The molecular weight excluding hydrogens is 460 g/mol. The molecule has 3 rings (SSSR count). The molecule has 0 aliphatic carbocycles. The maximum Gasteiger partial charge on any atom is 0.243 e. The summed E-state index contributed by atoms with van der Waals surface area (Å²) in [6.45, 7) is 13.6. The first-order chi connectivity index (χ1) is 16.6. The number of amides is 1. The summed E-state index contributed by atoms with van der Waals surface area (Å²) in [7, 11) is -3.56. The second-order valence-corrected chi connectivity index (χ2v) is 11.1. The van der Waals surface area contributed by atoms with E-state index in [4.69, 9.17) is 4.98 Å². The predicted molar refractivity (Wildman–Crippen MR) is 142 cm³/mol. The molecule has 0 fully saturated rings. The van der Waals surface area contributed by atoms with Crippen molar-refractivity contribution >= 4 is 32.7 Å². The molecule has 1 heterocycles. The molecule has 0 saturated heterocycles. The van der Waals surface area contributed by atoms with Gasteiger partial charge >= 0.3 is 0 Å². The largest absolute Gasteiger partial charge is 0.328 e. The van der Waals surface area contributed by atoms with E-state index in [1.54, 1.807) is 12.1 Å². The molecular formula is C27H38N4O3S. The van der Waals surface area contributed by atoms with E-state index in [0.717, 1.165) is 41.1 Å². The topological polar surface area (TPSA) is 84.3 Å². The maximum atomic E-state index is 13.0. The minimum Gasteiger partial charge on any atom is -0.328 e. The quantitative estimate of drug-likeness (QED) is 0.379. The molecule has 1 aromatic heterocycles. The van der Waals surface area contributed by atoms with Gasteiger partial charge in [-0.3, -0.25) is 4.79 Å². The molecule has 0 saturated carbocycles. The highest BCUT2D eigenvalue weighted by Gasteiger charge is 2.23. The van der Waals surface area contributed by atoms with E-state index in [0.29, 0.717) is 37.4 Å². The highest BCUT2D eigenvalue weighted by atomic mass is 32.2. The van der Waals surface area contributed by atoms with Gasteiger partial charge in [-0.1, -0.05) is 52.8 Å². The number of hydrogen-bond acceptors (Lipinski definition) is 4. The van der Waals surface area contributed by atoms with Gasteiger partial charge in [-0.25, -0.2) is 13.4 Å². The van der Waals surface area contributed by atoms with Crippen LogP contribution in [0.3, 0.4) is 0 Å². The Morgan fingerprint density at radius 3 is 2.46 bits per heavy atom. The molecule has 0 aliphatic rings. The summed E-state index contributed by atoms with van der Waals surface area (Å²) in [4.78, 5) is 17.9. The fourth-order valence-electron chi connectivity index (χ4n) is 4.47. The van der Waals surface area contributed by atoms with E-state index in [1.165, 1.54) is 4.31 Å². The summed E-state index contributed by atoms with van der Waals surface area (Å²) < 4.78 is 29.5. The fourth-order valence-corrected chi connectivity index (χ4v) is 5.94. The van der Waals surface area contributed by atoms with Crippen LogP contribution in [0.4, 0.5) is 5.69 Å². The lowest BCUT2D eigenvalue weighted by atomic mass is 9.98. The average molecular weight is 499 g/mol. The lowest BCUT2D eigenvalue weighted by Gasteiger charge is -2.18. The summed E-state index contributed by atoms with van der Waals surface area (Å²) in [6.07, 6.45) is 1.68. The van der Waals surface area contributed by atoms with Crippen LogP contribution in [-0.4, -0.2) is 41.3 Å². The van der Waals surface area contributed by atoms with E-state index in [9.17, 15) is 13.2 Å². The van der Waals surface area contributed by atoms with Gasteiger partial charge in [0.25, 0.3) is 0 Å². The standard InChI is InChI=1S/C27H38N4O3S/c1-7-17-31-24-14-13-21(35(33,34)30(8-2)9-3)18-23(24)28-25(31)15-16-26(32)29-27-20(6)11-10-12-22(27)19(4)5/h10-14,18-19H,7-9,15-17H2,1-6H3,(H,29,32). The van der Waals surface area contributed by atoms with Crippen molar-refractivity contribution in [3.63, 3.8) is 0 Å². The van der Waals surface area contributed by atoms with Crippen LogP contribution in [0.1, 0.15) is 70.3 Å². The number of nitrogens with one attached hydrogen (secondary N) is 1. The zero-order valence-electron chi connectivity index (χ0n) is 21.8. The number of carbonyl (C=O) groups is 1. The molecule has 190 valence electrons. The van der Waals surface area contributed by atoms with Crippen molar-refractivity contribution in [2.24, 2.45) is 0 Å². The summed E-state index contributed by atoms with van der Waals surface area (Å²) in [5.41, 5.74) is 4.59. The number of imidazole rings is 1. The second-order valence-electron chi connectivity index (χ2n) is 9.16. The minimum absolute atomic E-state index is 0.0545. The lowest BCUT2D eigenvalue weighted by Crippen LogP contribution is -2.30. The molecule has 3 aromatic rings. The molecule has 35 heavy (non-hydrogen) atoms. The summed E-state index contributed by atoms with van der Waals surface area (Å²) in [6, 6.07) is 11.2. The molecule has 2 aromatic carbocycles. The van der Waals surface area contributed by atoms with Crippen LogP contribution < -0.4 is 5.32 Å². The van der Waals surface area contributed by atoms with Crippen molar-refractivity contribution in [2.45, 2.75) is 78.2 Å². The molecule has 1 amide bonds. The number of para-hydroxylation sites is 1. The van der Waals surface area contributed by atoms with Gasteiger partial charge in [-0.15, -0.1) is 0 Å². The maximum absolute atomic E-state index is 13.0. The number of carbonyl (C=O) groups excluding carboxylic acids is 1. The predicted octanol–water partition coefficient (Wildman–Crippen LogP) is 5.48. The number of anilines is 1. The molecule has 0 aliphatic heterocycles. The molecule has 0 spiro atoms. The van der Waals surface area contributed by atoms with Gasteiger partial charge < -0.3 is 9.88 Å². The molecule has 7 nitrogen and oxygen atoms in total. The Hall–Kier alpha value is -2.71. The average Bonchev–Trinajstić information content (AvgIpc) is 3.16. The van der Waals surface area contributed by atoms with Crippen molar-refractivity contribution in [1.82, 2.24) is 13.9 Å². The van der Waals surface area contributed by atoms with E-state index in [2.05, 4.69) is 36.7 Å². The van der Waals surface area contributed by atoms with Crippen LogP contribution in [0.15, 0.2) is 41.3 Å². The van der Waals surface area contributed by atoms with Gasteiger partial charge in [0.2, 0.25) is 15.9 Å². The fraction of sp³-hybridized carbons (Fsp3) is 0.481. The third-order valence-corrected chi connectivity index (χ3v) is 8.40. The van der Waals surface area contributed by atoms with Crippen LogP contribution in [0.5, 0.6) is 0 Å². The number of sulfonamides is 1. The van der Waals surface area contributed by atoms with Crippen LogP contribution in [0.25, 0.3) is 11.0 Å². The number of fused-ring (bicyclic) bond motifs is 1. The SMILES string of the molecule is CCCn1c(CCC(=O)Nc2c(C)cccc2C(C)C)nc2cc(S(=O)(=O)N(CC)CC)ccc21. The van der Waals surface area contributed by atoms with Crippen LogP contribution in [0, 0.1) is 6.92 Å². The Morgan fingerprint density at radius 2 is 1.83 bits per heavy atom. The van der Waals surface area contributed by atoms with Crippen LogP contribution in [0.2, 0.25) is 0 Å². The van der Waals surface area contributed by atoms with Gasteiger partial charge in [0.05, 0.1) is 15.9 Å². The van der Waals surface area contributed by atoms with Gasteiger partial charge in [-0.05, 0) is 48.6 Å². The zero-order valence-corrected chi connectivity index (χ0v) is 22.6. The normalized spacial score (nSPS) is 12.1. The van der Waals surface area contributed by atoms with Crippen LogP contribution >= 0.6 is 0 Å². The van der Waals surface area contributed by atoms with E-state index in [-0.39, 0.29) is 10.8 Å². The smallest absolute Gasteiger partial charge is 0.243 e. The Kier molecular flexibility index (Phi) is 8.72. The Balaban J connectivity index is 1.86. The van der Waals surface area contributed by atoms with Gasteiger partial charge in [-0.2, -0.15) is 4.31 Å². The summed E-state index contributed by atoms with van der Waals surface area (Å²) in [5.74, 6) is 1.05. The first-order valence-corrected chi connectivity index (χ1v) is 14.0. The van der Waals surface area contributed by atoms with E-state index >= 15 is 0 Å². The van der Waals surface area contributed by atoms with Crippen molar-refractivity contribution < 1.29 is 13.2 Å². The number of nitrogens with zero attached hydrogens (tertiary/aromatic N) is 3. The van der Waals surface area contributed by atoms with Crippen molar-refractivity contribution in [3.05, 3.63) is 53.3 Å². The van der Waals surface area contributed by atoms with Gasteiger partial charge in [0, 0.05) is 38.2 Å². The highest BCUT2D eigenvalue weighted by Crippen LogP contribution is 2.28. The zero-order chi connectivity index (χ0) is 25.8. The first-order valence-electron chi connectivity index (χ1n) is 12.5. The number of aryl methyl sites for hydroxylation is 3. The van der Waals surface area contributed by atoms with Crippen LogP contribution in [-0.2, 0) is 27.8 Å². The second kappa shape index (κ2) is 11.4. The van der Waals surface area contributed by atoms with Crippen molar-refractivity contribution in [2.75, 3.05) is 18.4 Å². The number of aromatic nitrogens is 2. The van der Waals surface area contributed by atoms with Gasteiger partial charge in [0.1, 0.15) is 5.82 Å².